The third-order valence-electron chi connectivity index (χ3n) is 7.92. The van der Waals surface area contributed by atoms with Crippen LogP contribution in [0.2, 0.25) is 5.02 Å². The molecule has 0 aliphatic heterocycles. The van der Waals surface area contributed by atoms with Crippen LogP contribution >= 0.6 is 22.9 Å². The first-order chi connectivity index (χ1) is 19.7. The molecule has 2 heteroatoms. The van der Waals surface area contributed by atoms with Crippen LogP contribution < -0.4 is 0 Å². The lowest BCUT2D eigenvalue weighted by Gasteiger charge is -2.09. The Morgan fingerprint density at radius 2 is 1.15 bits per heavy atom. The highest BCUT2D eigenvalue weighted by molar-refractivity contribution is 7.26. The highest BCUT2D eigenvalue weighted by atomic mass is 35.5. The third kappa shape index (κ3) is 3.74. The van der Waals surface area contributed by atoms with Crippen molar-refractivity contribution in [2.45, 2.75) is 0 Å². The summed E-state index contributed by atoms with van der Waals surface area (Å²) in [4.78, 5) is 0. The van der Waals surface area contributed by atoms with Gasteiger partial charge in [0, 0.05) is 30.8 Å². The molecule has 0 unspecified atom stereocenters. The summed E-state index contributed by atoms with van der Waals surface area (Å²) in [7, 11) is 0. The van der Waals surface area contributed by atoms with Gasteiger partial charge in [-0.25, -0.2) is 0 Å². The topological polar surface area (TPSA) is 0 Å². The van der Waals surface area contributed by atoms with Crippen molar-refractivity contribution in [2.75, 3.05) is 0 Å². The van der Waals surface area contributed by atoms with Gasteiger partial charge in [-0.15, -0.1) is 11.3 Å². The smallest absolute Gasteiger partial charge is 0.0484 e. The highest BCUT2D eigenvalue weighted by Crippen LogP contribution is 2.47. The second-order valence-electron chi connectivity index (χ2n) is 10.2. The summed E-state index contributed by atoms with van der Waals surface area (Å²) >= 11 is 8.51. The van der Waals surface area contributed by atoms with Gasteiger partial charge in [-0.05, 0) is 86.5 Å². The summed E-state index contributed by atoms with van der Waals surface area (Å²) in [6.07, 6.45) is 2.32. The molecule has 7 aromatic rings. The lowest BCUT2D eigenvalue weighted by atomic mass is 9.95. The summed E-state index contributed by atoms with van der Waals surface area (Å²) in [5.74, 6) is 0. The maximum atomic E-state index is 6.67. The molecule has 0 bridgehead atoms. The Labute approximate surface area is 242 Å². The standard InChI is InChI=1S/C38H23ClS/c39-35-15-7-6-13-30(35)31-14-8-16-37-38(31)34-23-26(18-20-36(34)40-37)25-17-19-29-27-11-4-5-12-28(27)32(33(29)22-25)21-24-9-2-1-3-10-24/h1-23H/b32-21+. The molecule has 1 heterocycles. The first-order valence-corrected chi connectivity index (χ1v) is 14.7. The average Bonchev–Trinajstić information content (AvgIpc) is 3.53. The zero-order valence-corrected chi connectivity index (χ0v) is 23.1. The molecule has 1 aromatic heterocycles. The number of hydrogen-bond acceptors (Lipinski definition) is 1. The van der Waals surface area contributed by atoms with E-state index < -0.39 is 0 Å². The first kappa shape index (κ1) is 23.5. The van der Waals surface area contributed by atoms with Crippen LogP contribution in [-0.2, 0) is 0 Å². The predicted molar refractivity (Wildman–Crippen MR) is 174 cm³/mol. The van der Waals surface area contributed by atoms with Crippen molar-refractivity contribution in [1.82, 2.24) is 0 Å². The van der Waals surface area contributed by atoms with E-state index in [-0.39, 0.29) is 0 Å². The highest BCUT2D eigenvalue weighted by Gasteiger charge is 2.23. The van der Waals surface area contributed by atoms with E-state index in [0.717, 1.165) is 10.6 Å². The van der Waals surface area contributed by atoms with Crippen molar-refractivity contribution in [3.8, 4) is 33.4 Å². The molecule has 0 spiro atoms. The molecule has 0 radical (unpaired) electrons. The largest absolute Gasteiger partial charge is 0.135 e. The minimum atomic E-state index is 0.779. The molecule has 1 aliphatic carbocycles. The van der Waals surface area contributed by atoms with Gasteiger partial charge in [0.25, 0.3) is 0 Å². The number of halogens is 1. The van der Waals surface area contributed by atoms with Gasteiger partial charge in [0.05, 0.1) is 0 Å². The van der Waals surface area contributed by atoms with E-state index in [1.165, 1.54) is 70.3 Å². The van der Waals surface area contributed by atoms with Crippen LogP contribution in [-0.4, -0.2) is 0 Å². The van der Waals surface area contributed by atoms with E-state index >= 15 is 0 Å². The summed E-state index contributed by atoms with van der Waals surface area (Å²) in [6, 6.07) is 47.8. The van der Waals surface area contributed by atoms with Gasteiger partial charge >= 0.3 is 0 Å². The molecule has 0 atom stereocenters. The van der Waals surface area contributed by atoms with Crippen LogP contribution in [0.25, 0.3) is 65.2 Å². The SMILES string of the molecule is Clc1ccccc1-c1cccc2sc3ccc(-c4ccc5c(c4)/C(=C/c4ccccc4)c4ccccc4-5)cc3c12. The molecular formula is C38H23ClS. The molecule has 6 aromatic carbocycles. The Morgan fingerprint density at radius 3 is 2.00 bits per heavy atom. The number of fused-ring (bicyclic) bond motifs is 6. The molecular weight excluding hydrogens is 524 g/mol. The van der Waals surface area contributed by atoms with E-state index in [9.17, 15) is 0 Å². The van der Waals surface area contributed by atoms with Gasteiger partial charge < -0.3 is 0 Å². The predicted octanol–water partition coefficient (Wildman–Crippen LogP) is 11.6. The van der Waals surface area contributed by atoms with Crippen molar-refractivity contribution in [3.05, 3.63) is 155 Å². The lowest BCUT2D eigenvalue weighted by molar-refractivity contribution is 1.62. The van der Waals surface area contributed by atoms with Crippen LogP contribution in [0.15, 0.2) is 133 Å². The number of benzene rings is 6. The van der Waals surface area contributed by atoms with Crippen LogP contribution in [0.3, 0.4) is 0 Å². The van der Waals surface area contributed by atoms with Gasteiger partial charge in [0.1, 0.15) is 0 Å². The minimum absolute atomic E-state index is 0.779. The van der Waals surface area contributed by atoms with Crippen molar-refractivity contribution in [1.29, 1.82) is 0 Å². The molecule has 0 saturated heterocycles. The van der Waals surface area contributed by atoms with Crippen LogP contribution in [0.5, 0.6) is 0 Å². The Kier molecular flexibility index (Phi) is 5.48. The molecule has 8 rings (SSSR count). The number of rotatable bonds is 3. The fourth-order valence-corrected chi connectivity index (χ4v) is 7.41. The van der Waals surface area contributed by atoms with Gasteiger partial charge in [0.15, 0.2) is 0 Å². The normalized spacial score (nSPS) is 13.2. The quantitative estimate of drug-likeness (QED) is 0.207. The number of hydrogen-bond donors (Lipinski definition) is 0. The summed E-state index contributed by atoms with van der Waals surface area (Å²) < 4.78 is 2.57. The molecule has 188 valence electrons. The van der Waals surface area contributed by atoms with E-state index in [2.05, 4.69) is 127 Å². The van der Waals surface area contributed by atoms with E-state index in [4.69, 9.17) is 11.6 Å². The van der Waals surface area contributed by atoms with Crippen molar-refractivity contribution >= 4 is 54.8 Å². The second kappa shape index (κ2) is 9.34. The molecule has 0 amide bonds. The molecule has 0 N–H and O–H groups in total. The fraction of sp³-hybridized carbons (Fsp3) is 0. The zero-order chi connectivity index (χ0) is 26.6. The molecule has 1 aliphatic rings. The fourth-order valence-electron chi connectivity index (χ4n) is 6.06. The Balaban J connectivity index is 1.31. The Morgan fingerprint density at radius 1 is 0.475 bits per heavy atom. The average molecular weight is 547 g/mol. The lowest BCUT2D eigenvalue weighted by Crippen LogP contribution is -1.85. The molecule has 0 saturated carbocycles. The summed E-state index contributed by atoms with van der Waals surface area (Å²) in [6.45, 7) is 0. The van der Waals surface area contributed by atoms with E-state index in [1.54, 1.807) is 0 Å². The van der Waals surface area contributed by atoms with Crippen LogP contribution in [0.1, 0.15) is 16.7 Å². The van der Waals surface area contributed by atoms with Gasteiger partial charge in [-0.3, -0.25) is 0 Å². The maximum Gasteiger partial charge on any atom is 0.0484 e. The monoisotopic (exact) mass is 546 g/mol. The Bertz CT molecular complexity index is 2110. The van der Waals surface area contributed by atoms with Crippen LogP contribution in [0, 0.1) is 0 Å². The molecule has 0 nitrogen and oxygen atoms in total. The van der Waals surface area contributed by atoms with Gasteiger partial charge in [0.2, 0.25) is 0 Å². The van der Waals surface area contributed by atoms with E-state index in [0.29, 0.717) is 0 Å². The Hall–Kier alpha value is -4.43. The molecule has 40 heavy (non-hydrogen) atoms. The maximum absolute atomic E-state index is 6.67. The van der Waals surface area contributed by atoms with E-state index in [1.807, 2.05) is 23.5 Å². The summed E-state index contributed by atoms with van der Waals surface area (Å²) in [5.41, 5.74) is 12.4. The minimum Gasteiger partial charge on any atom is -0.135 e. The second-order valence-corrected chi connectivity index (χ2v) is 11.7. The molecule has 0 fully saturated rings. The van der Waals surface area contributed by atoms with Crippen molar-refractivity contribution in [2.24, 2.45) is 0 Å². The summed E-state index contributed by atoms with van der Waals surface area (Å²) in [5, 5.41) is 3.33. The number of thiophene rings is 1. The first-order valence-electron chi connectivity index (χ1n) is 13.5. The van der Waals surface area contributed by atoms with Gasteiger partial charge in [-0.2, -0.15) is 0 Å². The zero-order valence-electron chi connectivity index (χ0n) is 21.6. The van der Waals surface area contributed by atoms with Crippen LogP contribution in [0.4, 0.5) is 0 Å². The van der Waals surface area contributed by atoms with Gasteiger partial charge in [-0.1, -0.05) is 115 Å². The van der Waals surface area contributed by atoms with Crippen molar-refractivity contribution in [3.63, 3.8) is 0 Å². The van der Waals surface area contributed by atoms with Crippen molar-refractivity contribution < 1.29 is 0 Å². The third-order valence-corrected chi connectivity index (χ3v) is 9.39.